The van der Waals surface area contributed by atoms with Gasteiger partial charge in [-0.2, -0.15) is 0 Å². The lowest BCUT2D eigenvalue weighted by Crippen LogP contribution is -2.09. The highest BCUT2D eigenvalue weighted by Crippen LogP contribution is 2.37. The van der Waals surface area contributed by atoms with Crippen molar-refractivity contribution in [2.24, 2.45) is 5.73 Å². The van der Waals surface area contributed by atoms with Gasteiger partial charge in [-0.3, -0.25) is 0 Å². The normalized spacial score (nSPS) is 12.8. The van der Waals surface area contributed by atoms with Crippen LogP contribution in [0.25, 0.3) is 0 Å². The van der Waals surface area contributed by atoms with Gasteiger partial charge < -0.3 is 15.9 Å². The predicted octanol–water partition coefficient (Wildman–Crippen LogP) is 2.27. The van der Waals surface area contributed by atoms with Crippen molar-refractivity contribution >= 4 is 15.9 Å². The van der Waals surface area contributed by atoms with E-state index in [0.717, 1.165) is 0 Å². The summed E-state index contributed by atoms with van der Waals surface area (Å²) in [6.45, 7) is 1.92. The molecule has 0 aliphatic carbocycles. The van der Waals surface area contributed by atoms with Gasteiger partial charge in [-0.25, -0.2) is 0 Å². The molecule has 0 aliphatic rings. The zero-order chi connectivity index (χ0) is 10.0. The van der Waals surface area contributed by atoms with Gasteiger partial charge in [0.25, 0.3) is 0 Å². The number of aromatic hydroxyl groups is 2. The number of phenols is 2. The summed E-state index contributed by atoms with van der Waals surface area (Å²) in [5.41, 5.74) is 6.32. The van der Waals surface area contributed by atoms with Gasteiger partial charge in [0, 0.05) is 11.6 Å². The number of hydrogen-bond acceptors (Lipinski definition) is 3. The maximum atomic E-state index is 9.50. The highest BCUT2D eigenvalue weighted by atomic mass is 79.9. The highest BCUT2D eigenvalue weighted by molar-refractivity contribution is 9.10. The van der Waals surface area contributed by atoms with Gasteiger partial charge >= 0.3 is 0 Å². The summed E-state index contributed by atoms with van der Waals surface area (Å²) in [7, 11) is 0. The van der Waals surface area contributed by atoms with E-state index < -0.39 is 0 Å². The SMILES string of the molecule is CCC(N)c1c(O)ccc(O)c1Br. The first-order valence-electron chi connectivity index (χ1n) is 4.03. The molecule has 3 nitrogen and oxygen atoms in total. The number of benzene rings is 1. The first kappa shape index (κ1) is 10.3. The Bertz CT molecular complexity index is 315. The summed E-state index contributed by atoms with van der Waals surface area (Å²) in [5.74, 6) is 0.204. The third kappa shape index (κ3) is 1.95. The summed E-state index contributed by atoms with van der Waals surface area (Å²) >= 11 is 3.18. The smallest absolute Gasteiger partial charge is 0.130 e. The molecule has 0 saturated carbocycles. The van der Waals surface area contributed by atoms with E-state index in [1.807, 2.05) is 6.92 Å². The van der Waals surface area contributed by atoms with E-state index in [4.69, 9.17) is 5.73 Å². The van der Waals surface area contributed by atoms with Crippen LogP contribution >= 0.6 is 15.9 Å². The number of phenolic OH excluding ortho intramolecular Hbond substituents is 2. The van der Waals surface area contributed by atoms with Crippen molar-refractivity contribution in [2.45, 2.75) is 19.4 Å². The first-order valence-corrected chi connectivity index (χ1v) is 4.83. The Kier molecular flexibility index (Phi) is 3.17. The van der Waals surface area contributed by atoms with Gasteiger partial charge in [0.2, 0.25) is 0 Å². The zero-order valence-corrected chi connectivity index (χ0v) is 8.87. The van der Waals surface area contributed by atoms with Crippen LogP contribution < -0.4 is 5.73 Å². The number of rotatable bonds is 2. The fourth-order valence-corrected chi connectivity index (χ4v) is 1.76. The molecule has 0 aliphatic heterocycles. The Labute approximate surface area is 85.3 Å². The molecule has 0 heterocycles. The third-order valence-electron chi connectivity index (χ3n) is 1.95. The van der Waals surface area contributed by atoms with Gasteiger partial charge in [-0.05, 0) is 34.5 Å². The number of hydrogen-bond donors (Lipinski definition) is 3. The highest BCUT2D eigenvalue weighted by Gasteiger charge is 2.15. The van der Waals surface area contributed by atoms with Crippen LogP contribution in [-0.4, -0.2) is 10.2 Å². The Morgan fingerprint density at radius 2 is 1.92 bits per heavy atom. The van der Waals surface area contributed by atoms with Crippen LogP contribution in [0, 0.1) is 0 Å². The topological polar surface area (TPSA) is 66.5 Å². The quantitative estimate of drug-likeness (QED) is 0.701. The third-order valence-corrected chi connectivity index (χ3v) is 2.78. The maximum Gasteiger partial charge on any atom is 0.130 e. The second-order valence-electron chi connectivity index (χ2n) is 2.85. The van der Waals surface area contributed by atoms with Crippen molar-refractivity contribution in [3.63, 3.8) is 0 Å². The molecule has 1 unspecified atom stereocenters. The lowest BCUT2D eigenvalue weighted by atomic mass is 10.0. The molecule has 4 N–H and O–H groups in total. The minimum atomic E-state index is -0.263. The van der Waals surface area contributed by atoms with E-state index in [9.17, 15) is 10.2 Å². The summed E-state index contributed by atoms with van der Waals surface area (Å²) < 4.78 is 0.474. The fraction of sp³-hybridized carbons (Fsp3) is 0.333. The summed E-state index contributed by atoms with van der Waals surface area (Å²) in [5, 5.41) is 18.9. The van der Waals surface area contributed by atoms with Crippen LogP contribution in [0.2, 0.25) is 0 Å². The minimum Gasteiger partial charge on any atom is -0.508 e. The minimum absolute atomic E-state index is 0.0942. The van der Waals surface area contributed by atoms with E-state index in [1.165, 1.54) is 12.1 Å². The van der Waals surface area contributed by atoms with Crippen LogP contribution in [0.4, 0.5) is 0 Å². The lowest BCUT2D eigenvalue weighted by molar-refractivity contribution is 0.444. The van der Waals surface area contributed by atoms with Gasteiger partial charge in [0.1, 0.15) is 11.5 Å². The lowest BCUT2D eigenvalue weighted by Gasteiger charge is -2.14. The van der Waals surface area contributed by atoms with E-state index in [2.05, 4.69) is 15.9 Å². The van der Waals surface area contributed by atoms with Crippen molar-refractivity contribution in [3.05, 3.63) is 22.2 Å². The van der Waals surface area contributed by atoms with E-state index in [0.29, 0.717) is 16.5 Å². The summed E-state index contributed by atoms with van der Waals surface area (Å²) in [4.78, 5) is 0. The molecule has 0 bridgehead atoms. The molecule has 1 aromatic carbocycles. The van der Waals surface area contributed by atoms with Gasteiger partial charge in [0.05, 0.1) is 4.47 Å². The molecule has 4 heteroatoms. The van der Waals surface area contributed by atoms with E-state index in [1.54, 1.807) is 0 Å². The van der Waals surface area contributed by atoms with Crippen molar-refractivity contribution in [2.75, 3.05) is 0 Å². The first-order chi connectivity index (χ1) is 6.07. The molecule has 0 fully saturated rings. The van der Waals surface area contributed by atoms with Crippen molar-refractivity contribution in [1.29, 1.82) is 0 Å². The van der Waals surface area contributed by atoms with Crippen molar-refractivity contribution in [3.8, 4) is 11.5 Å². The van der Waals surface area contributed by atoms with E-state index in [-0.39, 0.29) is 17.5 Å². The van der Waals surface area contributed by atoms with E-state index >= 15 is 0 Å². The molecular weight excluding hydrogens is 234 g/mol. The molecule has 0 amide bonds. The van der Waals surface area contributed by atoms with Crippen LogP contribution in [0.1, 0.15) is 24.9 Å². The maximum absolute atomic E-state index is 9.50. The molecule has 13 heavy (non-hydrogen) atoms. The Balaban J connectivity index is 3.25. The number of halogens is 1. The Hall–Kier alpha value is -0.740. The average Bonchev–Trinajstić information content (AvgIpc) is 2.12. The second-order valence-corrected chi connectivity index (χ2v) is 3.64. The van der Waals surface area contributed by atoms with Crippen LogP contribution in [-0.2, 0) is 0 Å². The zero-order valence-electron chi connectivity index (χ0n) is 7.29. The Morgan fingerprint density at radius 3 is 2.46 bits per heavy atom. The summed E-state index contributed by atoms with van der Waals surface area (Å²) in [6, 6.07) is 2.59. The van der Waals surface area contributed by atoms with Crippen molar-refractivity contribution < 1.29 is 10.2 Å². The average molecular weight is 246 g/mol. The number of nitrogens with two attached hydrogens (primary N) is 1. The van der Waals surface area contributed by atoms with Gasteiger partial charge in [-0.1, -0.05) is 6.92 Å². The second kappa shape index (κ2) is 3.98. The van der Waals surface area contributed by atoms with Crippen molar-refractivity contribution in [1.82, 2.24) is 0 Å². The molecule has 1 rings (SSSR count). The Morgan fingerprint density at radius 1 is 1.38 bits per heavy atom. The molecule has 0 saturated heterocycles. The molecular formula is C9H12BrNO2. The molecule has 0 radical (unpaired) electrons. The molecule has 1 atom stereocenters. The van der Waals surface area contributed by atoms with Gasteiger partial charge in [-0.15, -0.1) is 0 Å². The summed E-state index contributed by atoms with van der Waals surface area (Å²) in [6.07, 6.45) is 0.704. The molecule has 0 aromatic heterocycles. The molecule has 0 spiro atoms. The largest absolute Gasteiger partial charge is 0.508 e. The van der Waals surface area contributed by atoms with Crippen LogP contribution in [0.15, 0.2) is 16.6 Å². The molecule has 1 aromatic rings. The standard InChI is InChI=1S/C9H12BrNO2/c1-2-5(11)8-6(12)3-4-7(13)9(8)10/h3-5,12-13H,2,11H2,1H3. The van der Waals surface area contributed by atoms with Crippen LogP contribution in [0.5, 0.6) is 11.5 Å². The van der Waals surface area contributed by atoms with Gasteiger partial charge in [0.15, 0.2) is 0 Å². The molecule has 72 valence electrons. The fourth-order valence-electron chi connectivity index (χ4n) is 1.13. The predicted molar refractivity (Wildman–Crippen MR) is 54.7 cm³/mol. The monoisotopic (exact) mass is 245 g/mol. The van der Waals surface area contributed by atoms with Crippen LogP contribution in [0.3, 0.4) is 0 Å².